The quantitative estimate of drug-likeness (QED) is 0.774. The summed E-state index contributed by atoms with van der Waals surface area (Å²) in [6, 6.07) is 0.214. The van der Waals surface area contributed by atoms with Gasteiger partial charge in [-0.3, -0.25) is 4.68 Å². The average Bonchev–Trinajstić information content (AvgIpc) is 2.77. The maximum atomic E-state index is 5.65. The normalized spacial score (nSPS) is 15.0. The number of aryl methyl sites for hydroxylation is 1. The summed E-state index contributed by atoms with van der Waals surface area (Å²) in [6.45, 7) is 10.6. The van der Waals surface area contributed by atoms with Crippen LogP contribution in [0, 0.1) is 5.92 Å². The molecule has 0 aliphatic heterocycles. The van der Waals surface area contributed by atoms with Crippen LogP contribution in [-0.2, 0) is 11.3 Å². The van der Waals surface area contributed by atoms with Gasteiger partial charge in [-0.25, -0.2) is 0 Å². The van der Waals surface area contributed by atoms with E-state index in [0.29, 0.717) is 5.92 Å². The van der Waals surface area contributed by atoms with Crippen LogP contribution in [0.1, 0.15) is 45.7 Å². The minimum Gasteiger partial charge on any atom is -0.379 e. The van der Waals surface area contributed by atoms with Crippen LogP contribution in [0.2, 0.25) is 0 Å². The van der Waals surface area contributed by atoms with Crippen molar-refractivity contribution >= 4 is 0 Å². The Hall–Kier alpha value is -0.870. The van der Waals surface area contributed by atoms with Gasteiger partial charge < -0.3 is 10.1 Å². The molecule has 1 rings (SSSR count). The standard InChI is InChI=1S/C14H27N3O/c1-6-8-17-10-12(9-16-17)13(15-7-2)14(18-5)11(3)4/h9-11,13-15H,6-8H2,1-5H3. The highest BCUT2D eigenvalue weighted by atomic mass is 16.5. The van der Waals surface area contributed by atoms with E-state index in [1.165, 1.54) is 5.56 Å². The third kappa shape index (κ3) is 3.82. The summed E-state index contributed by atoms with van der Waals surface area (Å²) in [7, 11) is 1.78. The van der Waals surface area contributed by atoms with E-state index in [2.05, 4.69) is 44.3 Å². The molecular formula is C14H27N3O. The summed E-state index contributed by atoms with van der Waals surface area (Å²) in [5.74, 6) is 0.466. The fourth-order valence-corrected chi connectivity index (χ4v) is 2.33. The summed E-state index contributed by atoms with van der Waals surface area (Å²) in [6.07, 6.45) is 5.36. The third-order valence-electron chi connectivity index (χ3n) is 3.15. The van der Waals surface area contributed by atoms with Gasteiger partial charge in [0.2, 0.25) is 0 Å². The third-order valence-corrected chi connectivity index (χ3v) is 3.15. The molecule has 4 nitrogen and oxygen atoms in total. The Bertz CT molecular complexity index is 336. The number of methoxy groups -OCH3 is 1. The lowest BCUT2D eigenvalue weighted by atomic mass is 9.95. The lowest BCUT2D eigenvalue weighted by Crippen LogP contribution is -2.36. The topological polar surface area (TPSA) is 39.1 Å². The van der Waals surface area contributed by atoms with E-state index < -0.39 is 0 Å². The van der Waals surface area contributed by atoms with Gasteiger partial charge >= 0.3 is 0 Å². The molecule has 0 spiro atoms. The smallest absolute Gasteiger partial charge is 0.0789 e. The number of hydrogen-bond donors (Lipinski definition) is 1. The van der Waals surface area contributed by atoms with Gasteiger partial charge in [-0.2, -0.15) is 5.10 Å². The monoisotopic (exact) mass is 253 g/mol. The van der Waals surface area contributed by atoms with Crippen LogP contribution in [0.25, 0.3) is 0 Å². The second-order valence-corrected chi connectivity index (χ2v) is 5.02. The van der Waals surface area contributed by atoms with Gasteiger partial charge in [0.1, 0.15) is 0 Å². The highest BCUT2D eigenvalue weighted by molar-refractivity contribution is 5.13. The molecule has 1 aromatic heterocycles. The van der Waals surface area contributed by atoms with Crippen molar-refractivity contribution in [1.29, 1.82) is 0 Å². The van der Waals surface area contributed by atoms with Crippen molar-refractivity contribution in [3.8, 4) is 0 Å². The second-order valence-electron chi connectivity index (χ2n) is 5.02. The number of rotatable bonds is 8. The number of ether oxygens (including phenoxy) is 1. The van der Waals surface area contributed by atoms with E-state index >= 15 is 0 Å². The largest absolute Gasteiger partial charge is 0.379 e. The Kier molecular flexibility index (Phi) is 6.36. The van der Waals surface area contributed by atoms with Gasteiger partial charge in [0.25, 0.3) is 0 Å². The van der Waals surface area contributed by atoms with Crippen LogP contribution in [0.3, 0.4) is 0 Å². The number of aromatic nitrogens is 2. The van der Waals surface area contributed by atoms with Crippen LogP contribution in [0.15, 0.2) is 12.4 Å². The summed E-state index contributed by atoms with van der Waals surface area (Å²) >= 11 is 0. The lowest BCUT2D eigenvalue weighted by molar-refractivity contribution is 0.0331. The number of hydrogen-bond acceptors (Lipinski definition) is 3. The van der Waals surface area contributed by atoms with E-state index in [9.17, 15) is 0 Å². The predicted octanol–water partition coefficient (Wildman–Crippen LogP) is 2.61. The molecule has 0 radical (unpaired) electrons. The minimum atomic E-state index is 0.171. The fourth-order valence-electron chi connectivity index (χ4n) is 2.33. The number of likely N-dealkylation sites (N-methyl/N-ethyl adjacent to an activating group) is 1. The van der Waals surface area contributed by atoms with Gasteiger partial charge in [0, 0.05) is 25.4 Å². The Morgan fingerprint density at radius 3 is 2.61 bits per heavy atom. The minimum absolute atomic E-state index is 0.171. The van der Waals surface area contributed by atoms with Crippen molar-refractivity contribution in [1.82, 2.24) is 15.1 Å². The summed E-state index contributed by atoms with van der Waals surface area (Å²) in [4.78, 5) is 0. The molecule has 1 aromatic rings. The molecule has 0 saturated heterocycles. The maximum Gasteiger partial charge on any atom is 0.0789 e. The fraction of sp³-hybridized carbons (Fsp3) is 0.786. The zero-order valence-electron chi connectivity index (χ0n) is 12.3. The van der Waals surface area contributed by atoms with Gasteiger partial charge in [0.15, 0.2) is 0 Å². The molecule has 0 saturated carbocycles. The first-order chi connectivity index (χ1) is 8.63. The molecule has 1 heterocycles. The molecule has 0 amide bonds. The van der Waals surface area contributed by atoms with Crippen LogP contribution >= 0.6 is 0 Å². The van der Waals surface area contributed by atoms with E-state index in [4.69, 9.17) is 4.74 Å². The Morgan fingerprint density at radius 1 is 1.39 bits per heavy atom. The first-order valence-corrected chi connectivity index (χ1v) is 6.92. The predicted molar refractivity (Wildman–Crippen MR) is 74.6 cm³/mol. The van der Waals surface area contributed by atoms with Crippen molar-refractivity contribution in [2.75, 3.05) is 13.7 Å². The van der Waals surface area contributed by atoms with Crippen LogP contribution in [-0.4, -0.2) is 29.5 Å². The van der Waals surface area contributed by atoms with Crippen LogP contribution in [0.4, 0.5) is 0 Å². The van der Waals surface area contributed by atoms with Crippen LogP contribution < -0.4 is 5.32 Å². The molecule has 0 aromatic carbocycles. The second kappa shape index (κ2) is 7.54. The van der Waals surface area contributed by atoms with E-state index in [-0.39, 0.29) is 12.1 Å². The molecule has 0 aliphatic rings. The van der Waals surface area contributed by atoms with Crippen molar-refractivity contribution in [2.45, 2.75) is 52.8 Å². The molecule has 18 heavy (non-hydrogen) atoms. The number of nitrogens with zero attached hydrogens (tertiary/aromatic N) is 2. The molecule has 0 bridgehead atoms. The molecule has 0 aliphatic carbocycles. The van der Waals surface area contributed by atoms with E-state index in [1.807, 2.05) is 10.9 Å². The highest BCUT2D eigenvalue weighted by Gasteiger charge is 2.26. The lowest BCUT2D eigenvalue weighted by Gasteiger charge is -2.29. The molecule has 2 atom stereocenters. The Labute approximate surface area is 111 Å². The summed E-state index contributed by atoms with van der Waals surface area (Å²) < 4.78 is 7.66. The van der Waals surface area contributed by atoms with Crippen molar-refractivity contribution in [3.63, 3.8) is 0 Å². The molecule has 0 fully saturated rings. The molecule has 1 N–H and O–H groups in total. The molecule has 104 valence electrons. The maximum absolute atomic E-state index is 5.65. The van der Waals surface area contributed by atoms with Crippen molar-refractivity contribution < 1.29 is 4.74 Å². The van der Waals surface area contributed by atoms with Crippen molar-refractivity contribution in [2.24, 2.45) is 5.92 Å². The van der Waals surface area contributed by atoms with Gasteiger partial charge in [-0.1, -0.05) is 27.7 Å². The SMILES string of the molecule is CCCn1cc(C(NCC)C(OC)C(C)C)cn1. The van der Waals surface area contributed by atoms with E-state index in [0.717, 1.165) is 19.5 Å². The average molecular weight is 253 g/mol. The Balaban J connectivity index is 2.87. The zero-order valence-corrected chi connectivity index (χ0v) is 12.3. The van der Waals surface area contributed by atoms with E-state index in [1.54, 1.807) is 7.11 Å². The molecule has 2 unspecified atom stereocenters. The summed E-state index contributed by atoms with van der Waals surface area (Å²) in [5, 5.41) is 7.91. The molecular weight excluding hydrogens is 226 g/mol. The van der Waals surface area contributed by atoms with Crippen LogP contribution in [0.5, 0.6) is 0 Å². The highest BCUT2D eigenvalue weighted by Crippen LogP contribution is 2.24. The zero-order chi connectivity index (χ0) is 13.5. The first kappa shape index (κ1) is 15.2. The molecule has 4 heteroatoms. The van der Waals surface area contributed by atoms with Gasteiger partial charge in [0.05, 0.1) is 18.3 Å². The first-order valence-electron chi connectivity index (χ1n) is 6.92. The van der Waals surface area contributed by atoms with Crippen molar-refractivity contribution in [3.05, 3.63) is 18.0 Å². The van der Waals surface area contributed by atoms with Gasteiger partial charge in [-0.15, -0.1) is 0 Å². The number of nitrogens with one attached hydrogen (secondary N) is 1. The summed E-state index contributed by atoms with van der Waals surface area (Å²) in [5.41, 5.74) is 1.21. The van der Waals surface area contributed by atoms with Gasteiger partial charge in [-0.05, 0) is 18.9 Å². The Morgan fingerprint density at radius 2 is 2.11 bits per heavy atom.